The second-order valence-corrected chi connectivity index (χ2v) is 6.92. The van der Waals surface area contributed by atoms with Crippen molar-refractivity contribution in [2.45, 2.75) is 46.5 Å². The molecule has 0 radical (unpaired) electrons. The summed E-state index contributed by atoms with van der Waals surface area (Å²) in [5, 5.41) is 5.85. The quantitative estimate of drug-likeness (QED) is 0.873. The Bertz CT molecular complexity index is 529. The SMILES string of the molecule is CC(C)C(=O)Nc1ccc(C(=O)NCC2(C)CCCC2)cc1. The molecule has 1 aromatic carbocycles. The van der Waals surface area contributed by atoms with Crippen LogP contribution < -0.4 is 10.6 Å². The fourth-order valence-corrected chi connectivity index (χ4v) is 2.79. The van der Waals surface area contributed by atoms with Gasteiger partial charge in [0.15, 0.2) is 0 Å². The van der Waals surface area contributed by atoms with Crippen LogP contribution in [0.4, 0.5) is 5.69 Å². The zero-order chi connectivity index (χ0) is 16.2. The van der Waals surface area contributed by atoms with Gasteiger partial charge >= 0.3 is 0 Å². The van der Waals surface area contributed by atoms with Gasteiger partial charge in [0, 0.05) is 23.7 Å². The molecule has 0 spiro atoms. The monoisotopic (exact) mass is 302 g/mol. The van der Waals surface area contributed by atoms with Crippen molar-refractivity contribution in [3.63, 3.8) is 0 Å². The Kier molecular flexibility index (Phi) is 5.22. The number of hydrogen-bond donors (Lipinski definition) is 2. The molecule has 0 bridgehead atoms. The second kappa shape index (κ2) is 6.95. The smallest absolute Gasteiger partial charge is 0.251 e. The van der Waals surface area contributed by atoms with E-state index in [0.717, 1.165) is 12.2 Å². The summed E-state index contributed by atoms with van der Waals surface area (Å²) in [6.45, 7) is 6.67. The van der Waals surface area contributed by atoms with E-state index in [0.29, 0.717) is 5.56 Å². The van der Waals surface area contributed by atoms with Crippen molar-refractivity contribution >= 4 is 17.5 Å². The fourth-order valence-electron chi connectivity index (χ4n) is 2.79. The third-order valence-corrected chi connectivity index (χ3v) is 4.43. The molecule has 1 aliphatic rings. The van der Waals surface area contributed by atoms with Crippen LogP contribution in [-0.2, 0) is 4.79 Å². The minimum Gasteiger partial charge on any atom is -0.351 e. The van der Waals surface area contributed by atoms with Gasteiger partial charge in [0.1, 0.15) is 0 Å². The first kappa shape index (κ1) is 16.5. The highest BCUT2D eigenvalue weighted by molar-refractivity contribution is 5.96. The molecule has 2 N–H and O–H groups in total. The van der Waals surface area contributed by atoms with Gasteiger partial charge in [0.2, 0.25) is 5.91 Å². The zero-order valence-corrected chi connectivity index (χ0v) is 13.7. The van der Waals surface area contributed by atoms with Crippen molar-refractivity contribution in [2.24, 2.45) is 11.3 Å². The Labute approximate surface area is 132 Å². The molecule has 1 fully saturated rings. The summed E-state index contributed by atoms with van der Waals surface area (Å²) >= 11 is 0. The van der Waals surface area contributed by atoms with Gasteiger partial charge in [-0.05, 0) is 42.5 Å². The molecule has 1 aromatic rings. The highest BCUT2D eigenvalue weighted by Gasteiger charge is 2.28. The van der Waals surface area contributed by atoms with Gasteiger partial charge in [0.25, 0.3) is 5.91 Å². The number of hydrogen-bond acceptors (Lipinski definition) is 2. The van der Waals surface area contributed by atoms with Gasteiger partial charge in [-0.25, -0.2) is 0 Å². The number of nitrogens with one attached hydrogen (secondary N) is 2. The molecular weight excluding hydrogens is 276 g/mol. The molecular formula is C18H26N2O2. The third-order valence-electron chi connectivity index (χ3n) is 4.43. The standard InChI is InChI=1S/C18H26N2O2/c1-13(2)16(21)20-15-8-6-14(7-9-15)17(22)19-12-18(3)10-4-5-11-18/h6-9,13H,4-5,10-12H2,1-3H3,(H,19,22)(H,20,21). The van der Waals surface area contributed by atoms with Crippen LogP contribution in [0.15, 0.2) is 24.3 Å². The molecule has 120 valence electrons. The first-order valence-electron chi connectivity index (χ1n) is 8.09. The summed E-state index contributed by atoms with van der Waals surface area (Å²) in [5.41, 5.74) is 1.60. The summed E-state index contributed by atoms with van der Waals surface area (Å²) in [5.74, 6) is -0.128. The normalized spacial score (nSPS) is 16.5. The fraction of sp³-hybridized carbons (Fsp3) is 0.556. The second-order valence-electron chi connectivity index (χ2n) is 6.92. The van der Waals surface area contributed by atoms with Gasteiger partial charge in [-0.3, -0.25) is 9.59 Å². The Balaban J connectivity index is 1.89. The van der Waals surface area contributed by atoms with E-state index in [9.17, 15) is 9.59 Å². The van der Waals surface area contributed by atoms with E-state index in [1.54, 1.807) is 24.3 Å². The van der Waals surface area contributed by atoms with E-state index in [1.807, 2.05) is 13.8 Å². The molecule has 0 unspecified atom stereocenters. The summed E-state index contributed by atoms with van der Waals surface area (Å²) in [4.78, 5) is 23.8. The van der Waals surface area contributed by atoms with Crippen molar-refractivity contribution in [2.75, 3.05) is 11.9 Å². The van der Waals surface area contributed by atoms with Crippen LogP contribution in [0.25, 0.3) is 0 Å². The minimum atomic E-state index is -0.0601. The lowest BCUT2D eigenvalue weighted by Crippen LogP contribution is -2.34. The first-order chi connectivity index (χ1) is 10.4. The molecule has 22 heavy (non-hydrogen) atoms. The molecule has 4 heteroatoms. The molecule has 1 aliphatic carbocycles. The van der Waals surface area contributed by atoms with Crippen LogP contribution >= 0.6 is 0 Å². The van der Waals surface area contributed by atoms with Crippen molar-refractivity contribution in [3.8, 4) is 0 Å². The molecule has 0 saturated heterocycles. The third kappa shape index (κ3) is 4.33. The number of carbonyl (C=O) groups is 2. The molecule has 1 saturated carbocycles. The molecule has 0 aliphatic heterocycles. The average molecular weight is 302 g/mol. The molecule has 4 nitrogen and oxygen atoms in total. The summed E-state index contributed by atoms with van der Waals surface area (Å²) in [7, 11) is 0. The van der Waals surface area contributed by atoms with Crippen LogP contribution in [0.5, 0.6) is 0 Å². The maximum absolute atomic E-state index is 12.2. The zero-order valence-electron chi connectivity index (χ0n) is 13.7. The predicted octanol–water partition coefficient (Wildman–Crippen LogP) is 3.59. The van der Waals surface area contributed by atoms with Gasteiger partial charge in [-0.15, -0.1) is 0 Å². The van der Waals surface area contributed by atoms with Crippen LogP contribution in [-0.4, -0.2) is 18.4 Å². The van der Waals surface area contributed by atoms with Gasteiger partial charge in [-0.2, -0.15) is 0 Å². The summed E-state index contributed by atoms with van der Waals surface area (Å²) in [6, 6.07) is 7.05. The number of rotatable bonds is 5. The Hall–Kier alpha value is -1.84. The van der Waals surface area contributed by atoms with Crippen LogP contribution in [0.3, 0.4) is 0 Å². The Morgan fingerprint density at radius 1 is 1.14 bits per heavy atom. The highest BCUT2D eigenvalue weighted by atomic mass is 16.2. The summed E-state index contributed by atoms with van der Waals surface area (Å²) < 4.78 is 0. The molecule has 0 aromatic heterocycles. The minimum absolute atomic E-state index is 0.0219. The molecule has 2 rings (SSSR count). The molecule has 2 amide bonds. The largest absolute Gasteiger partial charge is 0.351 e. The van der Waals surface area contributed by atoms with Crippen molar-refractivity contribution in [3.05, 3.63) is 29.8 Å². The Morgan fingerprint density at radius 2 is 1.73 bits per heavy atom. The van der Waals surface area contributed by atoms with Gasteiger partial charge < -0.3 is 10.6 Å². The predicted molar refractivity (Wildman–Crippen MR) is 88.8 cm³/mol. The van der Waals surface area contributed by atoms with E-state index in [2.05, 4.69) is 17.6 Å². The van der Waals surface area contributed by atoms with Crippen LogP contribution in [0.1, 0.15) is 56.8 Å². The lowest BCUT2D eigenvalue weighted by atomic mass is 9.89. The highest BCUT2D eigenvalue weighted by Crippen LogP contribution is 2.36. The van der Waals surface area contributed by atoms with E-state index < -0.39 is 0 Å². The molecule has 0 heterocycles. The maximum atomic E-state index is 12.2. The lowest BCUT2D eigenvalue weighted by Gasteiger charge is -2.23. The van der Waals surface area contributed by atoms with E-state index in [-0.39, 0.29) is 23.1 Å². The van der Waals surface area contributed by atoms with E-state index in [1.165, 1.54) is 25.7 Å². The van der Waals surface area contributed by atoms with Crippen molar-refractivity contribution < 1.29 is 9.59 Å². The van der Waals surface area contributed by atoms with Crippen LogP contribution in [0.2, 0.25) is 0 Å². The summed E-state index contributed by atoms with van der Waals surface area (Å²) in [6.07, 6.45) is 4.90. The number of anilines is 1. The number of carbonyl (C=O) groups excluding carboxylic acids is 2. The topological polar surface area (TPSA) is 58.2 Å². The van der Waals surface area contributed by atoms with Crippen LogP contribution in [0, 0.1) is 11.3 Å². The molecule has 0 atom stereocenters. The van der Waals surface area contributed by atoms with Crippen molar-refractivity contribution in [1.29, 1.82) is 0 Å². The lowest BCUT2D eigenvalue weighted by molar-refractivity contribution is -0.118. The Morgan fingerprint density at radius 3 is 2.27 bits per heavy atom. The van der Waals surface area contributed by atoms with E-state index >= 15 is 0 Å². The number of amides is 2. The van der Waals surface area contributed by atoms with Gasteiger partial charge in [-0.1, -0.05) is 33.6 Å². The number of benzene rings is 1. The maximum Gasteiger partial charge on any atom is 0.251 e. The van der Waals surface area contributed by atoms with Gasteiger partial charge in [0.05, 0.1) is 0 Å². The van der Waals surface area contributed by atoms with Crippen molar-refractivity contribution in [1.82, 2.24) is 5.32 Å². The first-order valence-corrected chi connectivity index (χ1v) is 8.09. The average Bonchev–Trinajstić information content (AvgIpc) is 2.93. The van der Waals surface area contributed by atoms with E-state index in [4.69, 9.17) is 0 Å².